The van der Waals surface area contributed by atoms with Gasteiger partial charge in [-0.1, -0.05) is 29.8 Å². The van der Waals surface area contributed by atoms with Gasteiger partial charge in [0, 0.05) is 24.7 Å². The molecule has 2 heterocycles. The smallest absolute Gasteiger partial charge is 0.228 e. The van der Waals surface area contributed by atoms with Gasteiger partial charge < -0.3 is 9.64 Å². The predicted octanol–water partition coefficient (Wildman–Crippen LogP) is 3.04. The third-order valence-corrected chi connectivity index (χ3v) is 5.41. The molecular formula is C17H23NO2S. The van der Waals surface area contributed by atoms with Gasteiger partial charge in [-0.3, -0.25) is 4.79 Å². The lowest BCUT2D eigenvalue weighted by atomic mass is 9.98. The molecule has 3 rings (SSSR count). The average Bonchev–Trinajstić information content (AvgIpc) is 2.56. The fourth-order valence-electron chi connectivity index (χ4n) is 3.10. The van der Waals surface area contributed by atoms with E-state index in [1.807, 2.05) is 11.8 Å². The van der Waals surface area contributed by atoms with Crippen LogP contribution in [0.3, 0.4) is 0 Å². The molecule has 2 atom stereocenters. The number of hydrogen-bond donors (Lipinski definition) is 0. The van der Waals surface area contributed by atoms with Crippen molar-refractivity contribution in [1.29, 1.82) is 0 Å². The maximum absolute atomic E-state index is 12.8. The molecule has 0 bridgehead atoms. The van der Waals surface area contributed by atoms with Gasteiger partial charge in [0.25, 0.3) is 0 Å². The second-order valence-electron chi connectivity index (χ2n) is 5.95. The average molecular weight is 305 g/mol. The first-order valence-electron chi connectivity index (χ1n) is 7.78. The van der Waals surface area contributed by atoms with E-state index in [0.29, 0.717) is 12.5 Å². The van der Waals surface area contributed by atoms with E-state index in [-0.39, 0.29) is 12.0 Å². The molecule has 2 saturated heterocycles. The Balaban J connectivity index is 1.77. The zero-order chi connectivity index (χ0) is 14.7. The molecule has 4 heteroatoms. The Morgan fingerprint density at radius 1 is 1.33 bits per heavy atom. The highest BCUT2D eigenvalue weighted by atomic mass is 32.2. The van der Waals surface area contributed by atoms with Crippen molar-refractivity contribution in [1.82, 2.24) is 4.90 Å². The first kappa shape index (κ1) is 14.9. The van der Waals surface area contributed by atoms with Crippen molar-refractivity contribution in [3.05, 3.63) is 35.4 Å². The van der Waals surface area contributed by atoms with Crippen molar-refractivity contribution >= 4 is 17.7 Å². The molecule has 0 spiro atoms. The number of carbonyl (C=O) groups is 1. The summed E-state index contributed by atoms with van der Waals surface area (Å²) in [6.45, 7) is 4.37. The number of amides is 1. The Bertz CT molecular complexity index is 482. The van der Waals surface area contributed by atoms with Gasteiger partial charge in [0.05, 0.1) is 18.6 Å². The van der Waals surface area contributed by atoms with Gasteiger partial charge in [-0.15, -0.1) is 0 Å². The first-order valence-corrected chi connectivity index (χ1v) is 8.94. The monoisotopic (exact) mass is 305 g/mol. The number of nitrogens with zero attached hydrogens (tertiary/aromatic N) is 1. The van der Waals surface area contributed by atoms with E-state index in [0.717, 1.165) is 37.5 Å². The Labute approximate surface area is 131 Å². The van der Waals surface area contributed by atoms with Crippen LogP contribution in [0, 0.1) is 12.8 Å². The van der Waals surface area contributed by atoms with Crippen LogP contribution in [0.25, 0.3) is 0 Å². The van der Waals surface area contributed by atoms with E-state index in [1.54, 1.807) is 0 Å². The largest absolute Gasteiger partial charge is 0.381 e. The number of carbonyl (C=O) groups excluding carboxylic acids is 1. The summed E-state index contributed by atoms with van der Waals surface area (Å²) in [6.07, 6.45) is 1.98. The lowest BCUT2D eigenvalue weighted by Gasteiger charge is -2.38. The molecular weight excluding hydrogens is 282 g/mol. The summed E-state index contributed by atoms with van der Waals surface area (Å²) < 4.78 is 5.50. The molecule has 0 aromatic heterocycles. The van der Waals surface area contributed by atoms with Gasteiger partial charge in [0.15, 0.2) is 0 Å². The Morgan fingerprint density at radius 3 is 2.86 bits per heavy atom. The third-order valence-electron chi connectivity index (χ3n) is 4.38. The van der Waals surface area contributed by atoms with Crippen LogP contribution in [0.5, 0.6) is 0 Å². The van der Waals surface area contributed by atoms with Crippen molar-refractivity contribution in [2.24, 2.45) is 5.92 Å². The molecule has 114 valence electrons. The molecule has 1 aromatic carbocycles. The van der Waals surface area contributed by atoms with Gasteiger partial charge in [0.2, 0.25) is 5.91 Å². The minimum atomic E-state index is 0.0646. The molecule has 3 nitrogen and oxygen atoms in total. The number of aryl methyl sites for hydroxylation is 1. The molecule has 0 saturated carbocycles. The molecule has 21 heavy (non-hydrogen) atoms. The Hall–Kier alpha value is -1.00. The lowest BCUT2D eigenvalue weighted by Crippen LogP contribution is -2.45. The van der Waals surface area contributed by atoms with Gasteiger partial charge in [-0.25, -0.2) is 0 Å². The summed E-state index contributed by atoms with van der Waals surface area (Å²) in [5, 5.41) is 0. The Morgan fingerprint density at radius 2 is 2.14 bits per heavy atom. The molecule has 1 aromatic rings. The van der Waals surface area contributed by atoms with E-state index >= 15 is 0 Å². The Kier molecular flexibility index (Phi) is 4.86. The highest BCUT2D eigenvalue weighted by Crippen LogP contribution is 2.32. The fraction of sp³-hybridized carbons (Fsp3) is 0.588. The summed E-state index contributed by atoms with van der Waals surface area (Å²) in [7, 11) is 0. The van der Waals surface area contributed by atoms with Crippen LogP contribution in [-0.2, 0) is 9.53 Å². The van der Waals surface area contributed by atoms with Crippen molar-refractivity contribution in [3.63, 3.8) is 0 Å². The summed E-state index contributed by atoms with van der Waals surface area (Å²) in [4.78, 5) is 14.9. The van der Waals surface area contributed by atoms with Gasteiger partial charge in [-0.05, 0) is 25.3 Å². The van der Waals surface area contributed by atoms with E-state index < -0.39 is 0 Å². The predicted molar refractivity (Wildman–Crippen MR) is 86.5 cm³/mol. The zero-order valence-corrected chi connectivity index (χ0v) is 13.4. The van der Waals surface area contributed by atoms with Crippen LogP contribution >= 0.6 is 11.8 Å². The molecule has 2 aliphatic heterocycles. The number of thioether (sulfide) groups is 1. The molecule has 0 aliphatic carbocycles. The summed E-state index contributed by atoms with van der Waals surface area (Å²) in [6, 6.07) is 8.84. The normalized spacial score (nSPS) is 26.6. The van der Waals surface area contributed by atoms with Crippen LogP contribution in [0.2, 0.25) is 0 Å². The summed E-state index contributed by atoms with van der Waals surface area (Å²) >= 11 is 1.94. The van der Waals surface area contributed by atoms with E-state index in [9.17, 15) is 4.79 Å². The van der Waals surface area contributed by atoms with Crippen LogP contribution in [-0.4, -0.2) is 42.1 Å². The second-order valence-corrected chi connectivity index (χ2v) is 7.10. The van der Waals surface area contributed by atoms with Crippen LogP contribution < -0.4 is 0 Å². The minimum Gasteiger partial charge on any atom is -0.381 e. The van der Waals surface area contributed by atoms with Gasteiger partial charge in [-0.2, -0.15) is 11.8 Å². The minimum absolute atomic E-state index is 0.0646. The SMILES string of the molecule is Cc1ccc([C@@H]2CSCCN2C(=O)[C@H]2CCCOC2)cc1. The van der Waals surface area contributed by atoms with Crippen molar-refractivity contribution in [2.75, 3.05) is 31.3 Å². The quantitative estimate of drug-likeness (QED) is 0.841. The summed E-state index contributed by atoms with van der Waals surface area (Å²) in [5.74, 6) is 2.40. The van der Waals surface area contributed by atoms with Crippen molar-refractivity contribution in [3.8, 4) is 0 Å². The zero-order valence-electron chi connectivity index (χ0n) is 12.6. The number of hydrogen-bond acceptors (Lipinski definition) is 3. The molecule has 0 unspecified atom stereocenters. The van der Waals surface area contributed by atoms with Crippen LogP contribution in [0.15, 0.2) is 24.3 Å². The second kappa shape index (κ2) is 6.84. The van der Waals surface area contributed by atoms with E-state index in [1.165, 1.54) is 11.1 Å². The number of ether oxygens (including phenoxy) is 1. The maximum atomic E-state index is 12.8. The highest BCUT2D eigenvalue weighted by Gasteiger charge is 2.33. The third kappa shape index (κ3) is 3.43. The standard InChI is InChI=1S/C17H23NO2S/c1-13-4-6-14(7-5-13)16-12-21-10-8-18(16)17(19)15-3-2-9-20-11-15/h4-7,15-16H,2-3,8-12H2,1H3/t15-,16-/m0/s1. The molecule has 2 fully saturated rings. The number of benzene rings is 1. The van der Waals surface area contributed by atoms with E-state index in [2.05, 4.69) is 36.1 Å². The fourth-order valence-corrected chi connectivity index (χ4v) is 4.19. The molecule has 0 N–H and O–H groups in total. The molecule has 2 aliphatic rings. The lowest BCUT2D eigenvalue weighted by molar-refractivity contribution is -0.141. The van der Waals surface area contributed by atoms with E-state index in [4.69, 9.17) is 4.74 Å². The summed E-state index contributed by atoms with van der Waals surface area (Å²) in [5.41, 5.74) is 2.53. The van der Waals surface area contributed by atoms with Crippen molar-refractivity contribution < 1.29 is 9.53 Å². The highest BCUT2D eigenvalue weighted by molar-refractivity contribution is 7.99. The van der Waals surface area contributed by atoms with Gasteiger partial charge >= 0.3 is 0 Å². The molecule has 0 radical (unpaired) electrons. The molecule has 1 amide bonds. The van der Waals surface area contributed by atoms with Crippen molar-refractivity contribution in [2.45, 2.75) is 25.8 Å². The van der Waals surface area contributed by atoms with Gasteiger partial charge in [0.1, 0.15) is 0 Å². The topological polar surface area (TPSA) is 29.5 Å². The number of rotatable bonds is 2. The van der Waals surface area contributed by atoms with Crippen LogP contribution in [0.4, 0.5) is 0 Å². The maximum Gasteiger partial charge on any atom is 0.228 e. The van der Waals surface area contributed by atoms with Crippen LogP contribution in [0.1, 0.15) is 30.0 Å². The first-order chi connectivity index (χ1) is 10.3.